The standard InChI is InChI=1S/C29H28ClN9O3/c1-37(2)11-12-42-29(41)33-21-6-3-18(4-7-21)24-16-31-28(34-24)26-10-8-22-13-19(14-27(40)39(22)26)23-15-20(30)5-9-25(23)38-17-32-35-36-38/h3-7,9,13-17,26H,8,10-12H2,1-2H3,(H,31,34)(H,33,41)/t26-/m0/s1. The fourth-order valence-corrected chi connectivity index (χ4v) is 5.25. The molecule has 0 aliphatic carbocycles. The summed E-state index contributed by atoms with van der Waals surface area (Å²) < 4.78 is 8.52. The molecule has 1 aliphatic heterocycles. The number of hydrogen-bond donors (Lipinski definition) is 2. The fraction of sp³-hybridized carbons (Fsp3) is 0.241. The highest BCUT2D eigenvalue weighted by Crippen LogP contribution is 2.34. The lowest BCUT2D eigenvalue weighted by Crippen LogP contribution is -2.23. The van der Waals surface area contributed by atoms with Gasteiger partial charge in [0.25, 0.3) is 5.56 Å². The van der Waals surface area contributed by atoms with Crippen molar-refractivity contribution in [3.05, 3.63) is 94.0 Å². The van der Waals surface area contributed by atoms with Gasteiger partial charge in [0.1, 0.15) is 18.8 Å². The number of nitrogens with zero attached hydrogens (tertiary/aromatic N) is 7. The molecule has 2 aromatic carbocycles. The number of likely N-dealkylation sites (N-methyl/N-ethyl adjacent to an activating group) is 1. The van der Waals surface area contributed by atoms with Crippen LogP contribution in [0.3, 0.4) is 0 Å². The van der Waals surface area contributed by atoms with Gasteiger partial charge in [-0.1, -0.05) is 23.7 Å². The van der Waals surface area contributed by atoms with Crippen LogP contribution in [0, 0.1) is 0 Å². The maximum Gasteiger partial charge on any atom is 0.411 e. The average Bonchev–Trinajstić information content (AvgIpc) is 3.74. The number of nitrogens with one attached hydrogen (secondary N) is 2. The van der Waals surface area contributed by atoms with E-state index < -0.39 is 6.09 Å². The van der Waals surface area contributed by atoms with Crippen molar-refractivity contribution in [1.82, 2.24) is 39.6 Å². The summed E-state index contributed by atoms with van der Waals surface area (Å²) in [6.07, 6.45) is 4.22. The van der Waals surface area contributed by atoms with E-state index in [1.165, 1.54) is 6.33 Å². The Bertz CT molecular complexity index is 1780. The lowest BCUT2D eigenvalue weighted by atomic mass is 10.0. The van der Waals surface area contributed by atoms with Crippen molar-refractivity contribution >= 4 is 23.4 Å². The van der Waals surface area contributed by atoms with Crippen molar-refractivity contribution in [2.45, 2.75) is 18.9 Å². The fourth-order valence-electron chi connectivity index (χ4n) is 5.08. The first-order valence-electron chi connectivity index (χ1n) is 13.4. The smallest absolute Gasteiger partial charge is 0.411 e. The summed E-state index contributed by atoms with van der Waals surface area (Å²) in [6.45, 7) is 0.961. The highest BCUT2D eigenvalue weighted by Gasteiger charge is 2.28. The molecule has 1 amide bonds. The number of fused-ring (bicyclic) bond motifs is 1. The van der Waals surface area contributed by atoms with Crippen LogP contribution >= 0.6 is 11.6 Å². The van der Waals surface area contributed by atoms with E-state index in [1.807, 2.05) is 49.3 Å². The summed E-state index contributed by atoms with van der Waals surface area (Å²) >= 11 is 6.32. The van der Waals surface area contributed by atoms with Crippen LogP contribution in [0.4, 0.5) is 10.5 Å². The second-order valence-electron chi connectivity index (χ2n) is 10.2. The predicted octanol–water partition coefficient (Wildman–Crippen LogP) is 4.18. The number of aromatic amines is 1. The van der Waals surface area contributed by atoms with E-state index in [-0.39, 0.29) is 11.6 Å². The first-order chi connectivity index (χ1) is 20.4. The molecule has 0 spiro atoms. The molecule has 5 aromatic rings. The minimum absolute atomic E-state index is 0.126. The molecule has 0 radical (unpaired) electrons. The largest absolute Gasteiger partial charge is 0.448 e. The number of anilines is 1. The molecule has 1 atom stereocenters. The predicted molar refractivity (Wildman–Crippen MR) is 158 cm³/mol. The van der Waals surface area contributed by atoms with Crippen LogP contribution in [0.5, 0.6) is 0 Å². The van der Waals surface area contributed by atoms with Gasteiger partial charge in [-0.05, 0) is 84.9 Å². The number of pyridine rings is 1. The van der Waals surface area contributed by atoms with E-state index in [0.717, 1.165) is 46.6 Å². The first kappa shape index (κ1) is 27.4. The SMILES string of the molecule is CN(C)CCOC(=O)Nc1ccc(-c2cnc([C@@H]3CCc4cc(-c5cc(Cl)ccc5-n5cnnn5)cc(=O)n43)[nH]2)cc1. The summed E-state index contributed by atoms with van der Waals surface area (Å²) in [5, 5.41) is 14.7. The Kier molecular flexibility index (Phi) is 7.55. The van der Waals surface area contributed by atoms with Gasteiger partial charge in [-0.3, -0.25) is 10.1 Å². The number of amides is 1. The molecule has 12 nitrogen and oxygen atoms in total. The number of benzene rings is 2. The third-order valence-electron chi connectivity index (χ3n) is 7.12. The zero-order valence-corrected chi connectivity index (χ0v) is 23.7. The number of hydrogen-bond acceptors (Lipinski definition) is 8. The summed E-state index contributed by atoms with van der Waals surface area (Å²) in [7, 11) is 3.83. The molecule has 42 heavy (non-hydrogen) atoms. The second kappa shape index (κ2) is 11.6. The summed E-state index contributed by atoms with van der Waals surface area (Å²) in [6, 6.07) is 16.2. The van der Waals surface area contributed by atoms with Crippen molar-refractivity contribution in [2.24, 2.45) is 0 Å². The number of aromatic nitrogens is 7. The number of halogens is 1. The van der Waals surface area contributed by atoms with Crippen molar-refractivity contribution in [3.63, 3.8) is 0 Å². The number of H-pyrrole nitrogens is 1. The highest BCUT2D eigenvalue weighted by atomic mass is 35.5. The van der Waals surface area contributed by atoms with Gasteiger partial charge in [-0.15, -0.1) is 5.10 Å². The minimum atomic E-state index is -0.496. The summed E-state index contributed by atoms with van der Waals surface area (Å²) in [5.41, 5.74) is 5.36. The number of rotatable bonds is 8. The zero-order valence-electron chi connectivity index (χ0n) is 23.0. The summed E-state index contributed by atoms with van der Waals surface area (Å²) in [5.74, 6) is 0.711. The molecular weight excluding hydrogens is 558 g/mol. The van der Waals surface area contributed by atoms with Crippen LogP contribution in [0.2, 0.25) is 5.02 Å². The molecule has 1 aliphatic rings. The normalized spacial score (nSPS) is 14.2. The van der Waals surface area contributed by atoms with E-state index in [0.29, 0.717) is 29.7 Å². The number of imidazole rings is 1. The van der Waals surface area contributed by atoms with Crippen molar-refractivity contribution in [1.29, 1.82) is 0 Å². The zero-order chi connectivity index (χ0) is 29.2. The van der Waals surface area contributed by atoms with Crippen molar-refractivity contribution in [3.8, 4) is 28.1 Å². The number of tetrazole rings is 1. The minimum Gasteiger partial charge on any atom is -0.448 e. The molecular formula is C29H28ClN9O3. The maximum absolute atomic E-state index is 13.5. The van der Waals surface area contributed by atoms with Crippen molar-refractivity contribution < 1.29 is 9.53 Å². The van der Waals surface area contributed by atoms with Crippen LogP contribution in [0.1, 0.15) is 24.0 Å². The molecule has 4 heterocycles. The van der Waals surface area contributed by atoms with Gasteiger partial charge in [-0.25, -0.2) is 9.78 Å². The molecule has 214 valence electrons. The lowest BCUT2D eigenvalue weighted by molar-refractivity contribution is 0.151. The van der Waals surface area contributed by atoms with E-state index in [1.54, 1.807) is 39.7 Å². The number of carbonyl (C=O) groups is 1. The Balaban J connectivity index is 1.20. The number of ether oxygens (including phenoxy) is 1. The van der Waals surface area contributed by atoms with Crippen LogP contribution in [0.15, 0.2) is 71.9 Å². The monoisotopic (exact) mass is 585 g/mol. The van der Waals surface area contributed by atoms with E-state index >= 15 is 0 Å². The Morgan fingerprint density at radius 1 is 1.14 bits per heavy atom. The molecule has 0 saturated heterocycles. The molecule has 0 unspecified atom stereocenters. The number of carbonyl (C=O) groups excluding carboxylic acids is 1. The molecule has 3 aromatic heterocycles. The molecule has 0 bridgehead atoms. The molecule has 0 fully saturated rings. The highest BCUT2D eigenvalue weighted by molar-refractivity contribution is 6.31. The van der Waals surface area contributed by atoms with Gasteiger partial charge >= 0.3 is 6.09 Å². The van der Waals surface area contributed by atoms with Crippen LogP contribution in [-0.2, 0) is 11.2 Å². The molecule has 0 saturated carbocycles. The quantitative estimate of drug-likeness (QED) is 0.277. The van der Waals surface area contributed by atoms with Gasteiger partial charge in [0.2, 0.25) is 0 Å². The maximum atomic E-state index is 13.5. The van der Waals surface area contributed by atoms with Crippen LogP contribution in [0.25, 0.3) is 28.1 Å². The van der Waals surface area contributed by atoms with Gasteiger partial charge in [0.15, 0.2) is 0 Å². The van der Waals surface area contributed by atoms with Gasteiger partial charge < -0.3 is 19.2 Å². The van der Waals surface area contributed by atoms with Gasteiger partial charge in [-0.2, -0.15) is 4.68 Å². The Morgan fingerprint density at radius 3 is 2.74 bits per heavy atom. The Labute approximate surface area is 245 Å². The first-order valence-corrected chi connectivity index (χ1v) is 13.8. The Hall–Kier alpha value is -4.81. The molecule has 6 rings (SSSR count). The molecule has 2 N–H and O–H groups in total. The average molecular weight is 586 g/mol. The van der Waals surface area contributed by atoms with Crippen LogP contribution in [-0.4, -0.2) is 73.0 Å². The van der Waals surface area contributed by atoms with Gasteiger partial charge in [0, 0.05) is 34.6 Å². The lowest BCUT2D eigenvalue weighted by Gasteiger charge is -2.15. The van der Waals surface area contributed by atoms with E-state index in [9.17, 15) is 9.59 Å². The van der Waals surface area contributed by atoms with Crippen molar-refractivity contribution in [2.75, 3.05) is 32.6 Å². The van der Waals surface area contributed by atoms with Gasteiger partial charge in [0.05, 0.1) is 23.6 Å². The topological polar surface area (TPSA) is 136 Å². The van der Waals surface area contributed by atoms with Crippen LogP contribution < -0.4 is 10.9 Å². The Morgan fingerprint density at radius 2 is 1.98 bits per heavy atom. The number of aryl methyl sites for hydroxylation is 1. The van der Waals surface area contributed by atoms with E-state index in [4.69, 9.17) is 16.3 Å². The molecule has 13 heteroatoms. The van der Waals surface area contributed by atoms with E-state index in [2.05, 4.69) is 30.8 Å². The second-order valence-corrected chi connectivity index (χ2v) is 10.7. The summed E-state index contributed by atoms with van der Waals surface area (Å²) in [4.78, 5) is 35.4. The third-order valence-corrected chi connectivity index (χ3v) is 7.36. The third kappa shape index (κ3) is 5.67.